The van der Waals surface area contributed by atoms with E-state index in [2.05, 4.69) is 20.4 Å². The largest absolute Gasteiger partial charge is 0.299 e. The van der Waals surface area contributed by atoms with Crippen LogP contribution in [0.1, 0.15) is 33.1 Å². The Kier molecular flexibility index (Phi) is 2.17. The molecule has 1 saturated carbocycles. The fraction of sp³-hybridized carbons (Fsp3) is 0.700. The average Bonchev–Trinajstić information content (AvgIpc) is 2.07. The quantitative estimate of drug-likeness (QED) is 0.556. The minimum Gasteiger partial charge on any atom is -0.299 e. The average molecular weight is 152 g/mol. The van der Waals surface area contributed by atoms with Gasteiger partial charge in [-0.3, -0.25) is 4.79 Å². The summed E-state index contributed by atoms with van der Waals surface area (Å²) in [5, 5.41) is 0. The van der Waals surface area contributed by atoms with Crippen molar-refractivity contribution in [1.82, 2.24) is 0 Å². The van der Waals surface area contributed by atoms with E-state index >= 15 is 0 Å². The van der Waals surface area contributed by atoms with E-state index in [1.807, 2.05) is 6.08 Å². The van der Waals surface area contributed by atoms with Crippen LogP contribution >= 0.6 is 0 Å². The first-order valence-corrected chi connectivity index (χ1v) is 4.19. The van der Waals surface area contributed by atoms with Crippen LogP contribution in [0.5, 0.6) is 0 Å². The molecule has 1 heteroatoms. The minimum atomic E-state index is 0.241. The summed E-state index contributed by atoms with van der Waals surface area (Å²) in [7, 11) is 0. The molecule has 0 spiro atoms. The van der Waals surface area contributed by atoms with Gasteiger partial charge >= 0.3 is 0 Å². The molecule has 1 nitrogen and oxygen atoms in total. The Morgan fingerprint density at radius 1 is 1.73 bits per heavy atom. The summed E-state index contributed by atoms with van der Waals surface area (Å²) in [6.45, 7) is 7.98. The van der Waals surface area contributed by atoms with Crippen LogP contribution in [0.2, 0.25) is 0 Å². The second kappa shape index (κ2) is 2.80. The molecule has 0 aromatic rings. The summed E-state index contributed by atoms with van der Waals surface area (Å²) in [5.74, 6) is 0.692. The van der Waals surface area contributed by atoms with Gasteiger partial charge in [0, 0.05) is 12.3 Å². The van der Waals surface area contributed by atoms with Crippen molar-refractivity contribution in [1.29, 1.82) is 0 Å². The minimum absolute atomic E-state index is 0.241. The molecule has 1 rings (SSSR count). The Morgan fingerprint density at radius 3 is 2.73 bits per heavy atom. The number of Topliss-reactive ketones (excluding diaryl/α,β-unsaturated/α-hetero) is 1. The summed E-state index contributed by atoms with van der Waals surface area (Å²) in [5.41, 5.74) is 0.241. The molecule has 0 N–H and O–H groups in total. The standard InChI is InChI=1S/C10H16O/c1-4-5-8-6-10(2,3)7-9(8)11/h4,8H,1,5-7H2,2-3H3. The van der Waals surface area contributed by atoms with Crippen LogP contribution < -0.4 is 0 Å². The maximum Gasteiger partial charge on any atom is 0.136 e. The Morgan fingerprint density at radius 2 is 2.36 bits per heavy atom. The third-order valence-corrected chi connectivity index (χ3v) is 2.36. The SMILES string of the molecule is C=CCC1CC(C)(C)CC1=O. The third kappa shape index (κ3) is 1.92. The van der Waals surface area contributed by atoms with Gasteiger partial charge in [-0.1, -0.05) is 19.9 Å². The van der Waals surface area contributed by atoms with Gasteiger partial charge in [0.15, 0.2) is 0 Å². The summed E-state index contributed by atoms with van der Waals surface area (Å²) in [4.78, 5) is 11.3. The summed E-state index contributed by atoms with van der Waals surface area (Å²) in [6, 6.07) is 0. The van der Waals surface area contributed by atoms with Gasteiger partial charge < -0.3 is 0 Å². The van der Waals surface area contributed by atoms with Crippen LogP contribution in [0.15, 0.2) is 12.7 Å². The molecule has 1 unspecified atom stereocenters. The van der Waals surface area contributed by atoms with E-state index in [0.29, 0.717) is 5.78 Å². The van der Waals surface area contributed by atoms with Crippen molar-refractivity contribution in [2.75, 3.05) is 0 Å². The highest BCUT2D eigenvalue weighted by molar-refractivity contribution is 5.84. The van der Waals surface area contributed by atoms with Crippen LogP contribution in [0.4, 0.5) is 0 Å². The van der Waals surface area contributed by atoms with Gasteiger partial charge in [0.1, 0.15) is 5.78 Å². The number of carbonyl (C=O) groups is 1. The van der Waals surface area contributed by atoms with E-state index in [1.54, 1.807) is 0 Å². The monoisotopic (exact) mass is 152 g/mol. The zero-order chi connectivity index (χ0) is 8.48. The molecule has 1 fully saturated rings. The second-order valence-corrected chi connectivity index (χ2v) is 4.23. The van der Waals surface area contributed by atoms with Crippen LogP contribution in [0, 0.1) is 11.3 Å². The molecule has 1 aliphatic rings. The highest BCUT2D eigenvalue weighted by Gasteiger charge is 2.36. The topological polar surface area (TPSA) is 17.1 Å². The number of hydrogen-bond donors (Lipinski definition) is 0. The van der Waals surface area contributed by atoms with Crippen molar-refractivity contribution in [3.8, 4) is 0 Å². The van der Waals surface area contributed by atoms with Crippen molar-refractivity contribution in [3.05, 3.63) is 12.7 Å². The molecule has 0 bridgehead atoms. The molecule has 0 radical (unpaired) electrons. The highest BCUT2D eigenvalue weighted by atomic mass is 16.1. The predicted molar refractivity (Wildman–Crippen MR) is 46.3 cm³/mol. The summed E-state index contributed by atoms with van der Waals surface area (Å²) < 4.78 is 0. The van der Waals surface area contributed by atoms with Gasteiger partial charge in [-0.05, 0) is 18.3 Å². The van der Waals surface area contributed by atoms with E-state index in [0.717, 1.165) is 19.3 Å². The normalized spacial score (nSPS) is 28.9. The van der Waals surface area contributed by atoms with Crippen LogP contribution in [-0.4, -0.2) is 5.78 Å². The third-order valence-electron chi connectivity index (χ3n) is 2.36. The number of carbonyl (C=O) groups excluding carboxylic acids is 1. The first-order valence-electron chi connectivity index (χ1n) is 4.19. The van der Waals surface area contributed by atoms with E-state index < -0.39 is 0 Å². The predicted octanol–water partition coefficient (Wildman–Crippen LogP) is 2.57. The number of hydrogen-bond acceptors (Lipinski definition) is 1. The van der Waals surface area contributed by atoms with Gasteiger partial charge in [-0.25, -0.2) is 0 Å². The van der Waals surface area contributed by atoms with Crippen LogP contribution in [-0.2, 0) is 4.79 Å². The molecule has 0 saturated heterocycles. The maximum absolute atomic E-state index is 11.3. The maximum atomic E-state index is 11.3. The molecule has 1 aliphatic carbocycles. The van der Waals surface area contributed by atoms with Crippen molar-refractivity contribution in [2.45, 2.75) is 33.1 Å². The fourth-order valence-corrected chi connectivity index (χ4v) is 1.88. The van der Waals surface area contributed by atoms with Crippen molar-refractivity contribution in [2.24, 2.45) is 11.3 Å². The molecular formula is C10H16O. The molecule has 0 amide bonds. The zero-order valence-electron chi connectivity index (χ0n) is 7.39. The molecule has 1 atom stereocenters. The van der Waals surface area contributed by atoms with Crippen molar-refractivity contribution < 1.29 is 4.79 Å². The summed E-state index contributed by atoms with van der Waals surface area (Å²) >= 11 is 0. The van der Waals surface area contributed by atoms with Gasteiger partial charge in [0.2, 0.25) is 0 Å². The number of rotatable bonds is 2. The number of ketones is 1. The second-order valence-electron chi connectivity index (χ2n) is 4.23. The van der Waals surface area contributed by atoms with E-state index in [1.165, 1.54) is 0 Å². The van der Waals surface area contributed by atoms with Gasteiger partial charge in [-0.2, -0.15) is 0 Å². The summed E-state index contributed by atoms with van der Waals surface area (Å²) in [6.07, 6.45) is 4.51. The molecule has 0 heterocycles. The number of allylic oxidation sites excluding steroid dienone is 1. The Bertz CT molecular complexity index is 179. The lowest BCUT2D eigenvalue weighted by molar-refractivity contribution is -0.120. The Labute approximate surface area is 68.5 Å². The zero-order valence-corrected chi connectivity index (χ0v) is 7.39. The van der Waals surface area contributed by atoms with Crippen LogP contribution in [0.25, 0.3) is 0 Å². The molecule has 11 heavy (non-hydrogen) atoms. The molecule has 0 aromatic carbocycles. The Hall–Kier alpha value is -0.590. The molecule has 62 valence electrons. The first-order chi connectivity index (χ1) is 5.05. The lowest BCUT2D eigenvalue weighted by Crippen LogP contribution is -2.04. The van der Waals surface area contributed by atoms with Crippen molar-refractivity contribution >= 4 is 5.78 Å². The Balaban J connectivity index is 2.59. The van der Waals surface area contributed by atoms with Gasteiger partial charge in [0.05, 0.1) is 0 Å². The lowest BCUT2D eigenvalue weighted by Gasteiger charge is -2.14. The first kappa shape index (κ1) is 8.51. The van der Waals surface area contributed by atoms with E-state index in [-0.39, 0.29) is 11.3 Å². The fourth-order valence-electron chi connectivity index (χ4n) is 1.88. The smallest absolute Gasteiger partial charge is 0.136 e. The van der Waals surface area contributed by atoms with Crippen LogP contribution in [0.3, 0.4) is 0 Å². The molecule has 0 aliphatic heterocycles. The van der Waals surface area contributed by atoms with Gasteiger partial charge in [0.25, 0.3) is 0 Å². The molecule has 0 aromatic heterocycles. The molecular weight excluding hydrogens is 136 g/mol. The lowest BCUT2D eigenvalue weighted by atomic mass is 9.90. The van der Waals surface area contributed by atoms with E-state index in [4.69, 9.17) is 0 Å². The van der Waals surface area contributed by atoms with Gasteiger partial charge in [-0.15, -0.1) is 6.58 Å². The van der Waals surface area contributed by atoms with E-state index in [9.17, 15) is 4.79 Å². The van der Waals surface area contributed by atoms with Crippen molar-refractivity contribution in [3.63, 3.8) is 0 Å². The highest BCUT2D eigenvalue weighted by Crippen LogP contribution is 2.39.